The molecule has 0 aromatic carbocycles. The molecular weight excluding hydrogens is 1620 g/mol. The maximum Gasteiger partial charge on any atom is 0.333 e. The molecule has 2 N–H and O–H groups in total. The third-order valence-electron chi connectivity index (χ3n) is 18.7. The van der Waals surface area contributed by atoms with Crippen molar-refractivity contribution in [2.75, 3.05) is 6.61 Å². The van der Waals surface area contributed by atoms with E-state index in [1.54, 1.807) is 6.92 Å². The van der Waals surface area contributed by atoms with Gasteiger partial charge in [-0.2, -0.15) is 0 Å². The Bertz CT molecular complexity index is 2610. The smallest absolute Gasteiger partial charge is 0.333 e. The Kier molecular flexibility index (Phi) is 35.1. The second-order valence-corrected chi connectivity index (χ2v) is 121. The molecule has 9 atom stereocenters. The summed E-state index contributed by atoms with van der Waals surface area (Å²) in [6.45, 7) is 80.6. The van der Waals surface area contributed by atoms with E-state index in [1.165, 1.54) is 0 Å². The summed E-state index contributed by atoms with van der Waals surface area (Å²) in [5, 5.41) is 0. The van der Waals surface area contributed by atoms with E-state index < -0.39 is 179 Å². The molecule has 3 aliphatic heterocycles. The van der Waals surface area contributed by atoms with Gasteiger partial charge in [0.2, 0.25) is 0 Å². The summed E-state index contributed by atoms with van der Waals surface area (Å²) < 4.78 is 116. The van der Waals surface area contributed by atoms with E-state index in [0.717, 1.165) is 103 Å². The van der Waals surface area contributed by atoms with Gasteiger partial charge in [0.1, 0.15) is 9.76 Å². The summed E-state index contributed by atoms with van der Waals surface area (Å²) in [4.78, 5) is 34.9. The van der Waals surface area contributed by atoms with Gasteiger partial charge < -0.3 is 76.1 Å². The summed E-state index contributed by atoms with van der Waals surface area (Å²) in [5.41, 5.74) is 0.390. The van der Waals surface area contributed by atoms with E-state index in [0.29, 0.717) is 24.1 Å². The molecule has 2 bridgehead atoms. The Balaban J connectivity index is 1.81. The number of hydrogen-bond donors (Lipinski definition) is 2. The molecule has 0 radical (unpaired) electrons. The number of carbonyl (C=O) groups is 1. The molecule has 3 saturated heterocycles. The molecule has 0 saturated carbocycles. The van der Waals surface area contributed by atoms with Crippen LogP contribution in [0.2, 0.25) is 331 Å². The minimum Gasteiger partial charge on any atom is -0.462 e. The van der Waals surface area contributed by atoms with Gasteiger partial charge >= 0.3 is 109 Å². The summed E-state index contributed by atoms with van der Waals surface area (Å²) in [6.07, 6.45) is 0.617. The third kappa shape index (κ3) is 37.9. The Labute approximate surface area is 632 Å². The molecule has 3 aliphatic rings. The number of esters is 1. The summed E-state index contributed by atoms with van der Waals surface area (Å²) in [6, 6.07) is 16.5. The number of carbonyl (C=O) groups excluding carboxylic acids is 1. The first kappa shape index (κ1) is 96.5. The van der Waals surface area contributed by atoms with E-state index in [4.69, 9.17) is 66.5 Å². The molecule has 3 heterocycles. The van der Waals surface area contributed by atoms with Crippen molar-refractivity contribution in [2.45, 2.75) is 344 Å². The highest BCUT2D eigenvalue weighted by Crippen LogP contribution is 2.45. The average molecular weight is 1770 g/mol. The average Bonchev–Trinajstić information content (AvgIpc) is 0.766. The SMILES string of the molecule is C=C(C)C(=O)OCCC[Si]1(C)O[Si]2(C)CC[Si](C)(C)O[Si](C)(C)CC[Si](C)(O2)O[Si](C)(CC[Si](C)(C)O[Si](C)(C)O[Si](C)(C)CC[Si]2(C)O[Si](C)(C)O[Si](C)(CC[Si](C)(C)O[Si](C)(C)O[Si](C)(C)CC[Si](C)(O)O[Si](C)(CC[SiH2]C)O[SiH2]CC[Si](C)(C)O)O[Si](C)(CC[Si](C)(C)C)O2)O1. The molecule has 3 fully saturated rings. The van der Waals surface area contributed by atoms with Gasteiger partial charge in [0.15, 0.2) is 58.2 Å². The van der Waals surface area contributed by atoms with E-state index in [-0.39, 0.29) is 22.1 Å². The second-order valence-electron chi connectivity index (χ2n) is 38.4. The quantitative estimate of drug-likeness (QED) is 0.0255. The van der Waals surface area contributed by atoms with E-state index in [2.05, 4.69) is 203 Å². The van der Waals surface area contributed by atoms with Crippen molar-refractivity contribution in [3.63, 3.8) is 0 Å². The lowest BCUT2D eigenvalue weighted by molar-refractivity contribution is -0.139. The van der Waals surface area contributed by atoms with E-state index >= 15 is 0 Å². The number of hydrogen-bond acceptors (Lipinski definition) is 19. The molecule has 0 amide bonds. The monoisotopic (exact) mass is 1770 g/mol. The summed E-state index contributed by atoms with van der Waals surface area (Å²) in [7, 11) is -52.4. The molecule has 41 heteroatoms. The van der Waals surface area contributed by atoms with Crippen LogP contribution in [0.3, 0.4) is 0 Å². The molecular formula is C58H152O19Si22. The Morgan fingerprint density at radius 2 is 0.808 bits per heavy atom. The zero-order valence-electron chi connectivity index (χ0n) is 69.8. The topological polar surface area (TPSA) is 205 Å². The van der Waals surface area contributed by atoms with Crippen LogP contribution in [0.25, 0.3) is 0 Å². The van der Waals surface area contributed by atoms with Gasteiger partial charge in [-0.15, -0.1) is 0 Å². The molecule has 0 aromatic heterocycles. The van der Waals surface area contributed by atoms with Gasteiger partial charge in [0.25, 0.3) is 0 Å². The predicted molar refractivity (Wildman–Crippen MR) is 468 cm³/mol. The highest BCUT2D eigenvalue weighted by atomic mass is 28.5. The molecule has 0 spiro atoms. The summed E-state index contributed by atoms with van der Waals surface area (Å²) >= 11 is 0. The fourth-order valence-corrected chi connectivity index (χ4v) is 133. The zero-order chi connectivity index (χ0) is 76.7. The molecule has 0 aromatic rings. The standard InChI is InChI=1S/C58H152O19Si22/c1-57(2)58(59)62-37-36-40-93(29)72-97(33)54-45-82(9,10)64-83(11,12)46-55-99(35,76-97)77-98(34,73-93)56-49-87(19,20)68-89(23,24)67-86(17,18)48-53-95(31)70-90(25,26)69-94(30,74-96(32,75-95)51-43-80(4,5)6)52-47-85(15,16)66-88(21,22)65-84(13,14)44-50-91(27,61)71-92(28,42-38-78-3)63-79-39-41-81(7,8)60/h60-61H,1,36-56,78-79H2,2-35H3. The first-order valence-corrected chi connectivity index (χ1v) is 98.4. The molecule has 3 rings (SSSR count). The minimum absolute atomic E-state index is 0.169. The van der Waals surface area contributed by atoms with Gasteiger partial charge in [0.05, 0.1) is 6.61 Å². The largest absolute Gasteiger partial charge is 0.462 e. The van der Waals surface area contributed by atoms with Crippen LogP contribution >= 0.6 is 0 Å². The fraction of sp³-hybridized carbons (Fsp3) is 0.948. The van der Waals surface area contributed by atoms with Gasteiger partial charge in [0, 0.05) is 23.2 Å². The van der Waals surface area contributed by atoms with Crippen LogP contribution in [-0.4, -0.2) is 210 Å². The lowest BCUT2D eigenvalue weighted by atomic mass is 10.4. The molecule has 0 aliphatic carbocycles. The normalized spacial score (nSPS) is 30.3. The number of fused-ring (bicyclic) bond motifs is 2. The molecule has 9 unspecified atom stereocenters. The van der Waals surface area contributed by atoms with Crippen molar-refractivity contribution < 1.29 is 80.8 Å². The maximum absolute atomic E-state index is 12.5. The molecule has 586 valence electrons. The van der Waals surface area contributed by atoms with Crippen molar-refractivity contribution in [1.82, 2.24) is 0 Å². The lowest BCUT2D eigenvalue weighted by Crippen LogP contribution is -2.68. The van der Waals surface area contributed by atoms with E-state index in [9.17, 15) is 14.4 Å². The van der Waals surface area contributed by atoms with Gasteiger partial charge in [-0.1, -0.05) is 44.9 Å². The first-order chi connectivity index (χ1) is 43.9. The predicted octanol–water partition coefficient (Wildman–Crippen LogP) is 17.4. The van der Waals surface area contributed by atoms with Crippen LogP contribution in [0.5, 0.6) is 0 Å². The fourth-order valence-electron chi connectivity index (χ4n) is 14.8. The lowest BCUT2D eigenvalue weighted by Gasteiger charge is -2.52. The second kappa shape index (κ2) is 36.0. The van der Waals surface area contributed by atoms with Crippen molar-refractivity contribution in [3.05, 3.63) is 12.2 Å². The molecule has 99 heavy (non-hydrogen) atoms. The summed E-state index contributed by atoms with van der Waals surface area (Å²) in [5.74, 6) is -0.377. The van der Waals surface area contributed by atoms with E-state index in [1.807, 2.05) is 19.6 Å². The Morgan fingerprint density at radius 3 is 1.19 bits per heavy atom. The minimum atomic E-state index is -3.06. The van der Waals surface area contributed by atoms with Crippen LogP contribution in [0.1, 0.15) is 13.3 Å². The maximum atomic E-state index is 12.5. The highest BCUT2D eigenvalue weighted by Gasteiger charge is 2.60. The van der Waals surface area contributed by atoms with Crippen LogP contribution in [-0.2, 0) is 71.3 Å². The Hall–Kier alpha value is 3.30. The van der Waals surface area contributed by atoms with Crippen molar-refractivity contribution in [2.24, 2.45) is 0 Å². The van der Waals surface area contributed by atoms with Crippen molar-refractivity contribution in [3.8, 4) is 0 Å². The van der Waals surface area contributed by atoms with Gasteiger partial charge in [-0.3, -0.25) is 0 Å². The van der Waals surface area contributed by atoms with Gasteiger partial charge in [-0.05, 0) is 306 Å². The van der Waals surface area contributed by atoms with Crippen molar-refractivity contribution in [1.29, 1.82) is 0 Å². The van der Waals surface area contributed by atoms with Gasteiger partial charge in [-0.25, -0.2) is 4.79 Å². The molecule has 19 nitrogen and oxygen atoms in total. The van der Waals surface area contributed by atoms with Crippen LogP contribution in [0.15, 0.2) is 12.2 Å². The zero-order valence-corrected chi connectivity index (χ0v) is 92.6. The number of rotatable bonds is 38. The van der Waals surface area contributed by atoms with Crippen molar-refractivity contribution >= 4 is 194 Å². The third-order valence-corrected chi connectivity index (χ3v) is 104. The first-order valence-electron chi connectivity index (χ1n) is 37.7. The number of ether oxygens (including phenoxy) is 1. The van der Waals surface area contributed by atoms with Crippen LogP contribution < -0.4 is 0 Å². The van der Waals surface area contributed by atoms with Crippen LogP contribution in [0, 0.1) is 0 Å². The highest BCUT2D eigenvalue weighted by molar-refractivity contribution is 6.98. The van der Waals surface area contributed by atoms with Crippen LogP contribution in [0.4, 0.5) is 0 Å². The Morgan fingerprint density at radius 1 is 0.434 bits per heavy atom.